The van der Waals surface area contributed by atoms with Gasteiger partial charge in [0, 0.05) is 0 Å². The predicted molar refractivity (Wildman–Crippen MR) is 46.4 cm³/mol. The fourth-order valence-electron chi connectivity index (χ4n) is 1.94. The van der Waals surface area contributed by atoms with Gasteiger partial charge in [0.05, 0.1) is 6.61 Å². The lowest BCUT2D eigenvalue weighted by Crippen LogP contribution is -2.47. The van der Waals surface area contributed by atoms with Gasteiger partial charge in [-0.15, -0.1) is 0 Å². The van der Waals surface area contributed by atoms with Crippen molar-refractivity contribution in [3.8, 4) is 0 Å². The zero-order valence-corrected chi connectivity index (χ0v) is 8.56. The predicted octanol–water partition coefficient (Wildman–Crippen LogP) is -0.394. The minimum atomic E-state index is -1.20. The van der Waals surface area contributed by atoms with Crippen LogP contribution in [0.3, 0.4) is 0 Å². The highest BCUT2D eigenvalue weighted by Gasteiger charge is 2.60. The summed E-state index contributed by atoms with van der Waals surface area (Å²) in [7, 11) is 0. The van der Waals surface area contributed by atoms with Crippen LogP contribution in [-0.4, -0.2) is 46.7 Å². The van der Waals surface area contributed by atoms with E-state index in [2.05, 4.69) is 0 Å². The van der Waals surface area contributed by atoms with Crippen LogP contribution in [0, 0.1) is 0 Å². The van der Waals surface area contributed by atoms with E-state index in [4.69, 9.17) is 19.3 Å². The first kappa shape index (κ1) is 10.3. The molecule has 0 bridgehead atoms. The van der Waals surface area contributed by atoms with Crippen LogP contribution >= 0.6 is 0 Å². The van der Waals surface area contributed by atoms with Crippen molar-refractivity contribution >= 4 is 0 Å². The van der Waals surface area contributed by atoms with Gasteiger partial charge in [0.15, 0.2) is 12.1 Å². The second-order valence-corrected chi connectivity index (χ2v) is 4.46. The van der Waals surface area contributed by atoms with Gasteiger partial charge in [0.2, 0.25) is 0 Å². The maximum Gasteiger partial charge on any atom is 0.190 e. The standard InChI is InChI=1S/C9H16O5/c1-8(2)13-6-7(14-8)12-5(4-10)9(6,3)11/h5-7,10-11H,4H2,1-3H3/t5-,6?,7-,9+/m1/s1. The average molecular weight is 204 g/mol. The summed E-state index contributed by atoms with van der Waals surface area (Å²) in [5.74, 6) is -0.736. The van der Waals surface area contributed by atoms with Crippen molar-refractivity contribution < 1.29 is 24.4 Å². The summed E-state index contributed by atoms with van der Waals surface area (Å²) in [6, 6.07) is 0. The lowest BCUT2D eigenvalue weighted by atomic mass is 9.95. The minimum Gasteiger partial charge on any atom is -0.394 e. The molecule has 2 saturated heterocycles. The molecule has 1 unspecified atom stereocenters. The molecule has 0 aromatic carbocycles. The monoisotopic (exact) mass is 204 g/mol. The Morgan fingerprint density at radius 3 is 2.36 bits per heavy atom. The molecule has 82 valence electrons. The largest absolute Gasteiger partial charge is 0.394 e. The van der Waals surface area contributed by atoms with E-state index in [0.29, 0.717) is 0 Å². The van der Waals surface area contributed by atoms with E-state index in [9.17, 15) is 5.11 Å². The normalized spacial score (nSPS) is 50.8. The summed E-state index contributed by atoms with van der Waals surface area (Å²) in [4.78, 5) is 0. The van der Waals surface area contributed by atoms with Crippen molar-refractivity contribution in [3.05, 3.63) is 0 Å². The maximum atomic E-state index is 10.1. The zero-order valence-electron chi connectivity index (χ0n) is 8.56. The van der Waals surface area contributed by atoms with Gasteiger partial charge in [0.1, 0.15) is 17.8 Å². The smallest absolute Gasteiger partial charge is 0.190 e. The van der Waals surface area contributed by atoms with Crippen molar-refractivity contribution in [3.63, 3.8) is 0 Å². The number of hydrogen-bond acceptors (Lipinski definition) is 5. The van der Waals surface area contributed by atoms with Crippen LogP contribution in [0.5, 0.6) is 0 Å². The van der Waals surface area contributed by atoms with Crippen LogP contribution in [0.2, 0.25) is 0 Å². The Hall–Kier alpha value is -0.200. The van der Waals surface area contributed by atoms with E-state index in [1.165, 1.54) is 0 Å². The molecule has 0 aromatic rings. The Morgan fingerprint density at radius 2 is 1.86 bits per heavy atom. The third-order valence-electron chi connectivity index (χ3n) is 2.75. The molecule has 0 aromatic heterocycles. The molecule has 0 aliphatic carbocycles. The lowest BCUT2D eigenvalue weighted by Gasteiger charge is -2.29. The number of aliphatic hydroxyl groups is 2. The van der Waals surface area contributed by atoms with E-state index in [1.807, 2.05) is 0 Å². The molecule has 0 saturated carbocycles. The molecule has 0 amide bonds. The minimum absolute atomic E-state index is 0.243. The van der Waals surface area contributed by atoms with E-state index in [0.717, 1.165) is 0 Å². The second kappa shape index (κ2) is 2.90. The van der Waals surface area contributed by atoms with Gasteiger partial charge in [-0.1, -0.05) is 0 Å². The van der Waals surface area contributed by atoms with Crippen molar-refractivity contribution in [1.82, 2.24) is 0 Å². The molecule has 2 aliphatic rings. The summed E-state index contributed by atoms with van der Waals surface area (Å²) < 4.78 is 16.3. The number of rotatable bonds is 1. The van der Waals surface area contributed by atoms with Gasteiger partial charge in [-0.2, -0.15) is 0 Å². The SMILES string of the molecule is CC1(C)OC2[C@H](O[C@H](CO)[C@]2(C)O)O1. The average Bonchev–Trinajstić information content (AvgIpc) is 2.45. The Kier molecular flexibility index (Phi) is 2.14. The fraction of sp³-hybridized carbons (Fsp3) is 1.00. The van der Waals surface area contributed by atoms with Crippen molar-refractivity contribution in [1.29, 1.82) is 0 Å². The summed E-state index contributed by atoms with van der Waals surface area (Å²) in [5.41, 5.74) is -1.20. The molecule has 2 fully saturated rings. The van der Waals surface area contributed by atoms with E-state index in [-0.39, 0.29) is 6.61 Å². The number of aliphatic hydroxyl groups excluding tert-OH is 1. The molecule has 14 heavy (non-hydrogen) atoms. The lowest BCUT2D eigenvalue weighted by molar-refractivity contribution is -0.230. The first-order valence-corrected chi connectivity index (χ1v) is 4.71. The molecule has 5 nitrogen and oxygen atoms in total. The van der Waals surface area contributed by atoms with Gasteiger partial charge in [0.25, 0.3) is 0 Å². The van der Waals surface area contributed by atoms with Crippen LogP contribution in [0.1, 0.15) is 20.8 Å². The number of hydrogen-bond donors (Lipinski definition) is 2. The Labute approximate surface area is 82.6 Å². The summed E-state index contributed by atoms with van der Waals surface area (Å²) in [6.07, 6.45) is -1.76. The molecule has 5 heteroatoms. The van der Waals surface area contributed by atoms with Crippen LogP contribution in [-0.2, 0) is 14.2 Å². The van der Waals surface area contributed by atoms with Gasteiger partial charge >= 0.3 is 0 Å². The number of fused-ring (bicyclic) bond motifs is 1. The highest BCUT2D eigenvalue weighted by molar-refractivity contribution is 5.01. The van der Waals surface area contributed by atoms with Gasteiger partial charge < -0.3 is 24.4 Å². The van der Waals surface area contributed by atoms with Gasteiger partial charge in [-0.3, -0.25) is 0 Å². The van der Waals surface area contributed by atoms with E-state index >= 15 is 0 Å². The van der Waals surface area contributed by atoms with Crippen molar-refractivity contribution in [2.24, 2.45) is 0 Å². The van der Waals surface area contributed by atoms with Gasteiger partial charge in [-0.25, -0.2) is 0 Å². The highest BCUT2D eigenvalue weighted by Crippen LogP contribution is 2.42. The molecule has 0 spiro atoms. The Morgan fingerprint density at radius 1 is 1.21 bits per heavy atom. The number of ether oxygens (including phenoxy) is 3. The molecule has 4 atom stereocenters. The van der Waals surface area contributed by atoms with Crippen LogP contribution in [0.15, 0.2) is 0 Å². The molecule has 2 aliphatic heterocycles. The Bertz CT molecular complexity index is 237. The summed E-state index contributed by atoms with van der Waals surface area (Å²) in [5, 5.41) is 19.1. The fourth-order valence-corrected chi connectivity index (χ4v) is 1.94. The van der Waals surface area contributed by atoms with Gasteiger partial charge in [-0.05, 0) is 20.8 Å². The topological polar surface area (TPSA) is 68.2 Å². The van der Waals surface area contributed by atoms with Crippen molar-refractivity contribution in [2.45, 2.75) is 50.7 Å². The molecule has 2 heterocycles. The van der Waals surface area contributed by atoms with Crippen LogP contribution in [0.25, 0.3) is 0 Å². The summed E-state index contributed by atoms with van der Waals surface area (Å²) in [6.45, 7) is 4.87. The third kappa shape index (κ3) is 1.36. The summed E-state index contributed by atoms with van der Waals surface area (Å²) >= 11 is 0. The third-order valence-corrected chi connectivity index (χ3v) is 2.75. The Balaban J connectivity index is 2.18. The zero-order chi connectivity index (χ0) is 10.6. The van der Waals surface area contributed by atoms with E-state index < -0.39 is 29.9 Å². The molecular weight excluding hydrogens is 188 g/mol. The van der Waals surface area contributed by atoms with E-state index in [1.54, 1.807) is 20.8 Å². The molecule has 2 N–H and O–H groups in total. The second-order valence-electron chi connectivity index (χ2n) is 4.46. The van der Waals surface area contributed by atoms with Crippen LogP contribution < -0.4 is 0 Å². The molecule has 2 rings (SSSR count). The molecular formula is C9H16O5. The highest BCUT2D eigenvalue weighted by atomic mass is 16.8. The van der Waals surface area contributed by atoms with Crippen LogP contribution in [0.4, 0.5) is 0 Å². The maximum absolute atomic E-state index is 10.1. The first-order valence-electron chi connectivity index (χ1n) is 4.71. The first-order chi connectivity index (χ1) is 6.37. The molecule has 0 radical (unpaired) electrons. The van der Waals surface area contributed by atoms with Crippen molar-refractivity contribution in [2.75, 3.05) is 6.61 Å². The quantitative estimate of drug-likeness (QED) is 0.608.